The topological polar surface area (TPSA) is 79.5 Å². The summed E-state index contributed by atoms with van der Waals surface area (Å²) in [5.41, 5.74) is 8.19. The van der Waals surface area contributed by atoms with E-state index >= 15 is 0 Å². The fraction of sp³-hybridized carbons (Fsp3) is 0.333. The molecule has 0 atom stereocenters. The fourth-order valence-electron chi connectivity index (χ4n) is 3.12. The minimum Gasteiger partial charge on any atom is -0.366 e. The number of nitrogens with two attached hydrogens (primary N) is 1. The third kappa shape index (κ3) is 5.01. The van der Waals surface area contributed by atoms with Gasteiger partial charge in [-0.15, -0.1) is 0 Å². The average Bonchev–Trinajstić information content (AvgIpc) is 3.45. The average molecular weight is 385 g/mol. The van der Waals surface area contributed by atoms with Crippen molar-refractivity contribution in [1.82, 2.24) is 10.6 Å². The van der Waals surface area contributed by atoms with Crippen LogP contribution in [0.1, 0.15) is 41.3 Å². The molecule has 0 aliphatic heterocycles. The Kier molecular flexibility index (Phi) is 6.01. The minimum atomic E-state index is -0.428. The van der Waals surface area contributed by atoms with E-state index in [9.17, 15) is 4.79 Å². The Balaban J connectivity index is 1.66. The van der Waals surface area contributed by atoms with E-state index in [2.05, 4.69) is 27.8 Å². The van der Waals surface area contributed by atoms with E-state index in [1.54, 1.807) is 12.1 Å². The molecule has 0 heterocycles. The summed E-state index contributed by atoms with van der Waals surface area (Å²) in [5.74, 6) is 0.332. The molecule has 1 saturated carbocycles. The van der Waals surface area contributed by atoms with Crippen LogP contribution < -0.4 is 16.4 Å². The van der Waals surface area contributed by atoms with Crippen LogP contribution in [0.25, 0.3) is 0 Å². The number of carbonyl (C=O) groups is 1. The first-order valence-electron chi connectivity index (χ1n) is 9.19. The molecule has 2 aromatic rings. The van der Waals surface area contributed by atoms with Gasteiger partial charge in [0.05, 0.1) is 6.54 Å². The molecular formula is C21H25ClN4O. The van der Waals surface area contributed by atoms with Gasteiger partial charge >= 0.3 is 0 Å². The van der Waals surface area contributed by atoms with E-state index in [-0.39, 0.29) is 5.41 Å². The van der Waals surface area contributed by atoms with Gasteiger partial charge in [-0.2, -0.15) is 0 Å². The number of carbonyl (C=O) groups excluding carboxylic acids is 1. The quantitative estimate of drug-likeness (QED) is 0.506. The molecule has 3 rings (SSSR count). The predicted molar refractivity (Wildman–Crippen MR) is 110 cm³/mol. The van der Waals surface area contributed by atoms with Gasteiger partial charge in [0.15, 0.2) is 5.96 Å². The first-order valence-corrected chi connectivity index (χ1v) is 9.57. The molecule has 6 heteroatoms. The highest BCUT2D eigenvalue weighted by atomic mass is 35.5. The SMILES string of the molecule is CCNC(=NCc1cccc(C(N)=O)c1)NCC1(c2cccc(Cl)c2)CC1. The van der Waals surface area contributed by atoms with Crippen molar-refractivity contribution in [2.45, 2.75) is 31.7 Å². The summed E-state index contributed by atoms with van der Waals surface area (Å²) in [7, 11) is 0. The third-order valence-electron chi connectivity index (χ3n) is 4.86. The summed E-state index contributed by atoms with van der Waals surface area (Å²) in [6.07, 6.45) is 2.28. The number of amides is 1. The molecule has 2 aromatic carbocycles. The molecule has 0 radical (unpaired) electrons. The maximum Gasteiger partial charge on any atom is 0.248 e. The standard InChI is InChI=1S/C21H25ClN4O/c1-2-24-20(25-13-15-5-3-6-16(11-15)19(23)27)26-14-21(9-10-21)17-7-4-8-18(22)12-17/h3-8,11-12H,2,9-10,13-14H2,1H3,(H2,23,27)(H2,24,25,26). The van der Waals surface area contributed by atoms with E-state index in [1.165, 1.54) is 5.56 Å². The zero-order chi connectivity index (χ0) is 19.3. The number of guanidine groups is 1. The lowest BCUT2D eigenvalue weighted by Gasteiger charge is -2.19. The molecule has 1 aliphatic carbocycles. The lowest BCUT2D eigenvalue weighted by Crippen LogP contribution is -2.41. The van der Waals surface area contributed by atoms with Crippen LogP contribution in [0.2, 0.25) is 5.02 Å². The molecule has 0 bridgehead atoms. The van der Waals surface area contributed by atoms with Crippen LogP contribution in [-0.2, 0) is 12.0 Å². The Bertz CT molecular complexity index is 846. The second kappa shape index (κ2) is 8.44. The monoisotopic (exact) mass is 384 g/mol. The van der Waals surface area contributed by atoms with Crippen molar-refractivity contribution in [3.63, 3.8) is 0 Å². The summed E-state index contributed by atoms with van der Waals surface area (Å²) >= 11 is 6.15. The summed E-state index contributed by atoms with van der Waals surface area (Å²) in [4.78, 5) is 16.0. The van der Waals surface area contributed by atoms with Crippen LogP contribution in [0.15, 0.2) is 53.5 Å². The third-order valence-corrected chi connectivity index (χ3v) is 5.10. The van der Waals surface area contributed by atoms with Crippen LogP contribution in [0, 0.1) is 0 Å². The number of aliphatic imine (C=N–C) groups is 1. The Hall–Kier alpha value is -2.53. The van der Waals surface area contributed by atoms with E-state index in [1.807, 2.05) is 31.2 Å². The molecule has 0 spiro atoms. The number of benzene rings is 2. The molecule has 142 valence electrons. The fourth-order valence-corrected chi connectivity index (χ4v) is 3.32. The Morgan fingerprint density at radius 1 is 1.19 bits per heavy atom. The molecule has 0 saturated heterocycles. The molecule has 0 aromatic heterocycles. The van der Waals surface area contributed by atoms with Crippen molar-refractivity contribution >= 4 is 23.5 Å². The van der Waals surface area contributed by atoms with Gasteiger partial charge in [0, 0.05) is 29.1 Å². The Morgan fingerprint density at radius 3 is 2.63 bits per heavy atom. The number of hydrogen-bond donors (Lipinski definition) is 3. The highest BCUT2D eigenvalue weighted by Crippen LogP contribution is 2.48. The van der Waals surface area contributed by atoms with Crippen molar-refractivity contribution in [2.24, 2.45) is 10.7 Å². The lowest BCUT2D eigenvalue weighted by molar-refractivity contribution is 0.1000. The van der Waals surface area contributed by atoms with Crippen LogP contribution >= 0.6 is 11.6 Å². The molecular weight excluding hydrogens is 360 g/mol. The number of hydrogen-bond acceptors (Lipinski definition) is 2. The van der Waals surface area contributed by atoms with E-state index < -0.39 is 5.91 Å². The number of halogens is 1. The van der Waals surface area contributed by atoms with Gasteiger partial charge in [0.25, 0.3) is 0 Å². The predicted octanol–water partition coefficient (Wildman–Crippen LogP) is 3.23. The maximum atomic E-state index is 11.3. The van der Waals surface area contributed by atoms with Gasteiger partial charge in [0.2, 0.25) is 5.91 Å². The zero-order valence-electron chi connectivity index (χ0n) is 15.5. The smallest absolute Gasteiger partial charge is 0.248 e. The highest BCUT2D eigenvalue weighted by molar-refractivity contribution is 6.30. The molecule has 1 amide bonds. The Morgan fingerprint density at radius 2 is 1.96 bits per heavy atom. The minimum absolute atomic E-state index is 0.132. The van der Waals surface area contributed by atoms with Crippen molar-refractivity contribution in [2.75, 3.05) is 13.1 Å². The van der Waals surface area contributed by atoms with Crippen molar-refractivity contribution in [1.29, 1.82) is 0 Å². The van der Waals surface area contributed by atoms with Gasteiger partial charge in [-0.3, -0.25) is 4.79 Å². The molecule has 0 unspecified atom stereocenters. The van der Waals surface area contributed by atoms with Crippen LogP contribution in [-0.4, -0.2) is 25.0 Å². The second-order valence-corrected chi connectivity index (χ2v) is 7.34. The van der Waals surface area contributed by atoms with Crippen molar-refractivity contribution in [3.8, 4) is 0 Å². The van der Waals surface area contributed by atoms with Gasteiger partial charge in [-0.05, 0) is 55.2 Å². The summed E-state index contributed by atoms with van der Waals surface area (Å²) in [6, 6.07) is 15.3. The normalized spacial score (nSPS) is 15.3. The molecule has 4 N–H and O–H groups in total. The molecule has 1 fully saturated rings. The van der Waals surface area contributed by atoms with Crippen LogP contribution in [0.3, 0.4) is 0 Å². The number of nitrogens with zero attached hydrogens (tertiary/aromatic N) is 1. The van der Waals surface area contributed by atoms with Crippen molar-refractivity contribution < 1.29 is 4.79 Å². The summed E-state index contributed by atoms with van der Waals surface area (Å²) in [6.45, 7) is 4.09. The van der Waals surface area contributed by atoms with Gasteiger partial charge in [-0.25, -0.2) is 4.99 Å². The largest absolute Gasteiger partial charge is 0.366 e. The molecule has 5 nitrogen and oxygen atoms in total. The number of nitrogens with one attached hydrogen (secondary N) is 2. The van der Waals surface area contributed by atoms with Crippen LogP contribution in [0.5, 0.6) is 0 Å². The lowest BCUT2D eigenvalue weighted by atomic mass is 9.96. The molecule has 1 aliphatic rings. The van der Waals surface area contributed by atoms with E-state index in [0.717, 1.165) is 42.5 Å². The Labute approximate surface area is 165 Å². The van der Waals surface area contributed by atoms with Gasteiger partial charge in [0.1, 0.15) is 0 Å². The second-order valence-electron chi connectivity index (χ2n) is 6.90. The first kappa shape index (κ1) is 19.2. The van der Waals surface area contributed by atoms with Gasteiger partial charge in [-0.1, -0.05) is 35.9 Å². The van der Waals surface area contributed by atoms with E-state index in [4.69, 9.17) is 17.3 Å². The first-order chi connectivity index (χ1) is 13.0. The summed E-state index contributed by atoms with van der Waals surface area (Å²) in [5, 5.41) is 7.50. The highest BCUT2D eigenvalue weighted by Gasteiger charge is 2.44. The number of rotatable bonds is 7. The zero-order valence-corrected chi connectivity index (χ0v) is 16.2. The summed E-state index contributed by atoms with van der Waals surface area (Å²) < 4.78 is 0. The van der Waals surface area contributed by atoms with E-state index in [0.29, 0.717) is 12.1 Å². The maximum absolute atomic E-state index is 11.3. The van der Waals surface area contributed by atoms with Crippen molar-refractivity contribution in [3.05, 3.63) is 70.2 Å². The number of primary amides is 1. The van der Waals surface area contributed by atoms with Crippen LogP contribution in [0.4, 0.5) is 0 Å². The van der Waals surface area contributed by atoms with Gasteiger partial charge < -0.3 is 16.4 Å². The molecule has 27 heavy (non-hydrogen) atoms.